The Kier molecular flexibility index (Phi) is 5.21. The molecule has 0 fully saturated rings. The number of hydrogen-bond acceptors (Lipinski definition) is 3. The molecule has 0 N–H and O–H groups in total. The number of benzene rings is 2. The van der Waals surface area contributed by atoms with Crippen LogP contribution >= 0.6 is 0 Å². The first-order chi connectivity index (χ1) is 10.2. The number of hydrogen-bond donors (Lipinski definition) is 0. The van der Waals surface area contributed by atoms with Gasteiger partial charge in [-0.1, -0.05) is 19.1 Å². The molecule has 0 aliphatic heterocycles. The van der Waals surface area contributed by atoms with Gasteiger partial charge in [-0.05, 0) is 47.9 Å². The van der Waals surface area contributed by atoms with E-state index in [0.717, 1.165) is 23.3 Å². The van der Waals surface area contributed by atoms with Crippen molar-refractivity contribution in [2.75, 3.05) is 7.11 Å². The number of rotatable bonds is 5. The minimum Gasteiger partial charge on any atom is -0.497 e. The second kappa shape index (κ2) is 7.33. The van der Waals surface area contributed by atoms with Crippen molar-refractivity contribution in [1.82, 2.24) is 0 Å². The normalized spacial score (nSPS) is 11.4. The summed E-state index contributed by atoms with van der Waals surface area (Å²) in [5.74, 6) is 0.506. The zero-order valence-electron chi connectivity index (χ0n) is 12.1. The van der Waals surface area contributed by atoms with Gasteiger partial charge in [0.1, 0.15) is 11.6 Å². The van der Waals surface area contributed by atoms with Crippen molar-refractivity contribution in [2.24, 2.45) is 10.2 Å². The van der Waals surface area contributed by atoms with Crippen molar-refractivity contribution in [3.63, 3.8) is 0 Å². The van der Waals surface area contributed by atoms with Crippen LogP contribution in [0.4, 0.5) is 4.39 Å². The number of nitrogens with zero attached hydrogens (tertiary/aromatic N) is 2. The highest BCUT2D eigenvalue weighted by Crippen LogP contribution is 2.10. The summed E-state index contributed by atoms with van der Waals surface area (Å²) in [6.45, 7) is 1.99. The highest BCUT2D eigenvalue weighted by atomic mass is 19.1. The van der Waals surface area contributed by atoms with Gasteiger partial charge in [0.05, 0.1) is 19.5 Å². The summed E-state index contributed by atoms with van der Waals surface area (Å²) in [4.78, 5) is 0. The van der Waals surface area contributed by atoms with Gasteiger partial charge in [-0.3, -0.25) is 0 Å². The Balaban J connectivity index is 2.02. The molecule has 2 aromatic rings. The molecule has 3 nitrogen and oxygen atoms in total. The van der Waals surface area contributed by atoms with E-state index in [-0.39, 0.29) is 5.82 Å². The van der Waals surface area contributed by atoms with E-state index in [4.69, 9.17) is 4.74 Å². The molecule has 0 atom stereocenters. The van der Waals surface area contributed by atoms with Crippen LogP contribution in [0, 0.1) is 5.82 Å². The van der Waals surface area contributed by atoms with Gasteiger partial charge in [-0.25, -0.2) is 4.39 Å². The van der Waals surface area contributed by atoms with E-state index in [1.807, 2.05) is 37.3 Å². The highest BCUT2D eigenvalue weighted by Gasteiger charge is 1.99. The topological polar surface area (TPSA) is 34.0 Å². The minimum absolute atomic E-state index is 0.280. The summed E-state index contributed by atoms with van der Waals surface area (Å²) in [7, 11) is 1.62. The molecular weight excluding hydrogens is 267 g/mol. The van der Waals surface area contributed by atoms with Crippen LogP contribution in [-0.4, -0.2) is 19.5 Å². The summed E-state index contributed by atoms with van der Waals surface area (Å²) in [5, 5.41) is 7.78. The molecule has 2 aromatic carbocycles. The number of methoxy groups -OCH3 is 1. The summed E-state index contributed by atoms with van der Waals surface area (Å²) in [6, 6.07) is 12.5. The molecule has 0 unspecified atom stereocenters. The lowest BCUT2D eigenvalue weighted by Crippen LogP contribution is -1.90. The van der Waals surface area contributed by atoms with Crippen molar-refractivity contribution >= 4 is 12.4 Å². The quantitative estimate of drug-likeness (QED) is 0.606. The van der Waals surface area contributed by atoms with E-state index in [9.17, 15) is 4.39 Å². The Labute approximate surface area is 123 Å². The average Bonchev–Trinajstić information content (AvgIpc) is 2.53. The second-order valence-electron chi connectivity index (χ2n) is 4.47. The summed E-state index contributed by atoms with van der Waals surface area (Å²) < 4.78 is 18.8. The molecule has 0 radical (unpaired) electrons. The van der Waals surface area contributed by atoms with E-state index >= 15 is 0 Å². The summed E-state index contributed by atoms with van der Waals surface area (Å²) in [5.41, 5.74) is 2.29. The molecule has 21 heavy (non-hydrogen) atoms. The van der Waals surface area contributed by atoms with E-state index < -0.39 is 0 Å². The second-order valence-corrected chi connectivity index (χ2v) is 4.47. The van der Waals surface area contributed by atoms with Crippen LogP contribution in [-0.2, 0) is 6.42 Å². The van der Waals surface area contributed by atoms with Gasteiger partial charge in [0.2, 0.25) is 0 Å². The summed E-state index contributed by atoms with van der Waals surface area (Å²) >= 11 is 0. The maximum absolute atomic E-state index is 13.7. The van der Waals surface area contributed by atoms with E-state index in [0.29, 0.717) is 5.56 Å². The highest BCUT2D eigenvalue weighted by molar-refractivity contribution is 5.83. The lowest BCUT2D eigenvalue weighted by Gasteiger charge is -1.99. The molecule has 0 heterocycles. The zero-order chi connectivity index (χ0) is 15.1. The molecule has 4 heteroatoms. The van der Waals surface area contributed by atoms with Gasteiger partial charge in [0.15, 0.2) is 0 Å². The van der Waals surface area contributed by atoms with Crippen LogP contribution in [0.1, 0.15) is 23.6 Å². The molecule has 0 aromatic heterocycles. The fourth-order valence-electron chi connectivity index (χ4n) is 1.78. The van der Waals surface area contributed by atoms with Crippen LogP contribution in [0.25, 0.3) is 0 Å². The fourth-order valence-corrected chi connectivity index (χ4v) is 1.78. The Morgan fingerprint density at radius 1 is 1.05 bits per heavy atom. The smallest absolute Gasteiger partial charge is 0.132 e. The molecule has 0 saturated heterocycles. The number of aryl methyl sites for hydroxylation is 1. The Morgan fingerprint density at radius 3 is 2.38 bits per heavy atom. The first-order valence-corrected chi connectivity index (χ1v) is 6.72. The zero-order valence-corrected chi connectivity index (χ0v) is 12.1. The van der Waals surface area contributed by atoms with Gasteiger partial charge in [0.25, 0.3) is 0 Å². The maximum atomic E-state index is 13.7. The Morgan fingerprint density at radius 2 is 1.76 bits per heavy atom. The lowest BCUT2D eigenvalue weighted by molar-refractivity contribution is 0.415. The first kappa shape index (κ1) is 14.9. The molecule has 108 valence electrons. The van der Waals surface area contributed by atoms with Gasteiger partial charge in [-0.2, -0.15) is 10.2 Å². The van der Waals surface area contributed by atoms with Crippen LogP contribution in [0.5, 0.6) is 5.75 Å². The third kappa shape index (κ3) is 4.24. The predicted molar refractivity (Wildman–Crippen MR) is 84.0 cm³/mol. The molecular formula is C17H17FN2O. The van der Waals surface area contributed by atoms with Gasteiger partial charge < -0.3 is 4.74 Å². The fraction of sp³-hybridized carbons (Fsp3) is 0.176. The lowest BCUT2D eigenvalue weighted by atomic mass is 10.1. The first-order valence-electron chi connectivity index (χ1n) is 6.72. The van der Waals surface area contributed by atoms with Crippen LogP contribution in [0.15, 0.2) is 52.7 Å². The Hall–Kier alpha value is -2.49. The molecule has 2 rings (SSSR count). The van der Waals surface area contributed by atoms with Gasteiger partial charge in [0, 0.05) is 5.56 Å². The third-order valence-electron chi connectivity index (χ3n) is 3.06. The minimum atomic E-state index is -0.280. The van der Waals surface area contributed by atoms with Crippen molar-refractivity contribution in [1.29, 1.82) is 0 Å². The number of ether oxygens (including phenoxy) is 1. The average molecular weight is 284 g/mol. The maximum Gasteiger partial charge on any atom is 0.132 e. The van der Waals surface area contributed by atoms with Crippen molar-refractivity contribution in [2.45, 2.75) is 13.3 Å². The van der Waals surface area contributed by atoms with E-state index in [2.05, 4.69) is 10.2 Å². The third-order valence-corrected chi connectivity index (χ3v) is 3.06. The van der Waals surface area contributed by atoms with Gasteiger partial charge >= 0.3 is 0 Å². The van der Waals surface area contributed by atoms with Crippen molar-refractivity contribution in [3.8, 4) is 5.75 Å². The van der Waals surface area contributed by atoms with Crippen LogP contribution in [0.2, 0.25) is 0 Å². The molecule has 0 spiro atoms. The van der Waals surface area contributed by atoms with E-state index in [1.165, 1.54) is 12.3 Å². The molecule has 0 saturated carbocycles. The molecule has 0 aliphatic rings. The summed E-state index contributed by atoms with van der Waals surface area (Å²) in [6.07, 6.45) is 3.83. The SMILES string of the molecule is CCc1ccc(C=NN=Cc2ccc(OC)cc2)c(F)c1. The Bertz CT molecular complexity index is 648. The van der Waals surface area contributed by atoms with Crippen molar-refractivity contribution in [3.05, 3.63) is 65.0 Å². The van der Waals surface area contributed by atoms with Crippen LogP contribution in [0.3, 0.4) is 0 Å². The van der Waals surface area contributed by atoms with Gasteiger partial charge in [-0.15, -0.1) is 0 Å². The molecule has 0 aliphatic carbocycles. The standard InChI is InChI=1S/C17H17FN2O/c1-3-13-4-7-15(17(18)10-13)12-20-19-11-14-5-8-16(21-2)9-6-14/h4-12H,3H2,1-2H3. The molecule has 0 bridgehead atoms. The largest absolute Gasteiger partial charge is 0.497 e. The molecule has 0 amide bonds. The van der Waals surface area contributed by atoms with E-state index in [1.54, 1.807) is 19.4 Å². The number of halogens is 1. The monoisotopic (exact) mass is 284 g/mol. The van der Waals surface area contributed by atoms with Crippen LogP contribution < -0.4 is 4.74 Å². The predicted octanol–water partition coefficient (Wildman–Crippen LogP) is 3.85. The van der Waals surface area contributed by atoms with Crippen molar-refractivity contribution < 1.29 is 9.13 Å².